The molecule has 2 bridgehead atoms. The number of ether oxygens (including phenoxy) is 3. The van der Waals surface area contributed by atoms with Crippen LogP contribution in [-0.2, 0) is 28.6 Å². The summed E-state index contributed by atoms with van der Waals surface area (Å²) in [5, 5.41) is 0. The first kappa shape index (κ1) is 23.6. The van der Waals surface area contributed by atoms with Crippen LogP contribution < -0.4 is 0 Å². The van der Waals surface area contributed by atoms with E-state index in [0.717, 1.165) is 25.7 Å². The van der Waals surface area contributed by atoms with Crippen LogP contribution in [0.15, 0.2) is 0 Å². The molecule has 0 saturated heterocycles. The molecule has 180 valence electrons. The summed E-state index contributed by atoms with van der Waals surface area (Å²) < 4.78 is 16.6. The third-order valence-corrected chi connectivity index (χ3v) is 10.2. The molecule has 0 heterocycles. The first-order valence-electron chi connectivity index (χ1n) is 12.3. The zero-order valence-electron chi connectivity index (χ0n) is 20.6. The molecule has 0 aromatic heterocycles. The average molecular weight is 449 g/mol. The lowest BCUT2D eigenvalue weighted by molar-refractivity contribution is -0.235. The molecule has 0 N–H and O–H groups in total. The number of esters is 3. The fraction of sp³-hybridized carbons (Fsp3) is 0.885. The van der Waals surface area contributed by atoms with E-state index in [-0.39, 0.29) is 52.2 Å². The maximum atomic E-state index is 12.5. The van der Waals surface area contributed by atoms with Crippen molar-refractivity contribution in [2.45, 2.75) is 105 Å². The number of methoxy groups -OCH3 is 1. The predicted octanol–water partition coefficient (Wildman–Crippen LogP) is 4.83. The molecule has 4 aliphatic rings. The molecule has 6 nitrogen and oxygen atoms in total. The number of carbonyl (C=O) groups excluding carboxylic acids is 3. The summed E-state index contributed by atoms with van der Waals surface area (Å²) in [5.41, 5.74) is 0.381. The molecule has 1 spiro atoms. The van der Waals surface area contributed by atoms with Gasteiger partial charge in [0.05, 0.1) is 7.11 Å². The highest BCUT2D eigenvalue weighted by Gasteiger charge is 2.72. The van der Waals surface area contributed by atoms with E-state index >= 15 is 0 Å². The van der Waals surface area contributed by atoms with Gasteiger partial charge in [0.25, 0.3) is 0 Å². The van der Waals surface area contributed by atoms with Crippen molar-refractivity contribution in [3.63, 3.8) is 0 Å². The third kappa shape index (κ3) is 3.47. The summed E-state index contributed by atoms with van der Waals surface area (Å²) >= 11 is 0. The predicted molar refractivity (Wildman–Crippen MR) is 118 cm³/mol. The van der Waals surface area contributed by atoms with Crippen LogP contribution in [0.5, 0.6) is 0 Å². The van der Waals surface area contributed by atoms with E-state index in [1.54, 1.807) is 0 Å². The molecule has 4 rings (SSSR count). The Morgan fingerprint density at radius 2 is 1.62 bits per heavy atom. The lowest BCUT2D eigenvalue weighted by Crippen LogP contribution is -2.64. The highest BCUT2D eigenvalue weighted by atomic mass is 16.6. The fourth-order valence-corrected chi connectivity index (χ4v) is 8.77. The van der Waals surface area contributed by atoms with E-state index in [4.69, 9.17) is 9.47 Å². The van der Waals surface area contributed by atoms with Gasteiger partial charge in [0, 0.05) is 18.3 Å². The van der Waals surface area contributed by atoms with Crippen molar-refractivity contribution in [1.29, 1.82) is 0 Å². The Bertz CT molecular complexity index is 804. The highest BCUT2D eigenvalue weighted by Crippen LogP contribution is 2.76. The largest absolute Gasteiger partial charge is 0.469 e. The number of fused-ring (bicyclic) bond motifs is 2. The van der Waals surface area contributed by atoms with Gasteiger partial charge in [-0.1, -0.05) is 34.1 Å². The second kappa shape index (κ2) is 7.73. The van der Waals surface area contributed by atoms with Gasteiger partial charge < -0.3 is 14.2 Å². The molecule has 7 atom stereocenters. The van der Waals surface area contributed by atoms with E-state index in [1.807, 2.05) is 0 Å². The number of hydrogen-bond acceptors (Lipinski definition) is 6. The van der Waals surface area contributed by atoms with Gasteiger partial charge in [0.1, 0.15) is 18.6 Å². The minimum absolute atomic E-state index is 0.0910. The van der Waals surface area contributed by atoms with Crippen LogP contribution in [0.25, 0.3) is 0 Å². The van der Waals surface area contributed by atoms with Crippen molar-refractivity contribution in [1.82, 2.24) is 0 Å². The summed E-state index contributed by atoms with van der Waals surface area (Å²) in [5.74, 6) is -0.650. The van der Waals surface area contributed by atoms with Gasteiger partial charge in [-0.15, -0.1) is 0 Å². The molecule has 4 aliphatic carbocycles. The summed E-state index contributed by atoms with van der Waals surface area (Å²) in [6, 6.07) is 0. The number of hydrogen-bond donors (Lipinski definition) is 0. The molecule has 0 aromatic carbocycles. The molecule has 0 radical (unpaired) electrons. The highest BCUT2D eigenvalue weighted by molar-refractivity contribution is 5.91. The zero-order chi connectivity index (χ0) is 23.5. The second-order valence-corrected chi connectivity index (χ2v) is 12.3. The van der Waals surface area contributed by atoms with Crippen LogP contribution in [0.1, 0.15) is 92.4 Å². The number of rotatable bonds is 4. The topological polar surface area (TPSA) is 78.9 Å². The maximum absolute atomic E-state index is 12.5. The standard InChI is InChI=1S/C26H40O6/c1-16(27)31-18-13-19-23(2,3)8-7-9-25(19,5)26-11-10-24(4,15-26)20(12-17(18)26)32-22(29)14-21(28)30-6/h17-20H,7-15H2,1-6H3/t17-,18+,19+,20-,24+,25+,26+/m1/s1. The van der Waals surface area contributed by atoms with E-state index in [9.17, 15) is 14.4 Å². The van der Waals surface area contributed by atoms with Crippen LogP contribution in [-0.4, -0.2) is 37.2 Å². The normalized spacial score (nSPS) is 44.1. The van der Waals surface area contributed by atoms with Crippen LogP contribution in [0, 0.1) is 33.5 Å². The SMILES string of the molecule is COC(=O)CC(=O)O[C@@H]1C[C@@H]2[C@@H](OC(C)=O)C[C@H]3C(C)(C)CCC[C@]3(C)[C@]23CC[C@@]1(C)C3. The second-order valence-electron chi connectivity index (χ2n) is 12.3. The van der Waals surface area contributed by atoms with E-state index in [0.29, 0.717) is 12.3 Å². The van der Waals surface area contributed by atoms with Gasteiger partial charge in [-0.25, -0.2) is 0 Å². The van der Waals surface area contributed by atoms with Gasteiger partial charge >= 0.3 is 17.9 Å². The Hall–Kier alpha value is -1.59. The molecule has 0 aliphatic heterocycles. The van der Waals surface area contributed by atoms with Crippen molar-refractivity contribution < 1.29 is 28.6 Å². The van der Waals surface area contributed by atoms with Crippen molar-refractivity contribution in [3.8, 4) is 0 Å². The third-order valence-electron chi connectivity index (χ3n) is 10.2. The lowest BCUT2D eigenvalue weighted by Gasteiger charge is -2.68. The molecule has 0 unspecified atom stereocenters. The summed E-state index contributed by atoms with van der Waals surface area (Å²) in [6.07, 6.45) is 7.54. The van der Waals surface area contributed by atoms with Gasteiger partial charge in [-0.05, 0) is 67.1 Å². The van der Waals surface area contributed by atoms with Crippen LogP contribution in [0.4, 0.5) is 0 Å². The molecule has 6 heteroatoms. The first-order valence-corrected chi connectivity index (χ1v) is 12.3. The molecular formula is C26H40O6. The molecule has 0 aromatic rings. The maximum Gasteiger partial charge on any atom is 0.317 e. The van der Waals surface area contributed by atoms with Gasteiger partial charge in [-0.3, -0.25) is 14.4 Å². The quantitative estimate of drug-likeness (QED) is 0.348. The van der Waals surface area contributed by atoms with Crippen molar-refractivity contribution in [2.24, 2.45) is 33.5 Å². The van der Waals surface area contributed by atoms with Gasteiger partial charge in [0.2, 0.25) is 0 Å². The zero-order valence-corrected chi connectivity index (χ0v) is 20.6. The van der Waals surface area contributed by atoms with E-state index < -0.39 is 11.9 Å². The van der Waals surface area contributed by atoms with Crippen LogP contribution >= 0.6 is 0 Å². The summed E-state index contributed by atoms with van der Waals surface area (Å²) in [6.45, 7) is 11.0. The lowest BCUT2D eigenvalue weighted by atomic mass is 9.37. The molecule has 4 saturated carbocycles. The molecule has 0 amide bonds. The Kier molecular flexibility index (Phi) is 5.69. The van der Waals surface area contributed by atoms with Crippen LogP contribution in [0.3, 0.4) is 0 Å². The summed E-state index contributed by atoms with van der Waals surface area (Å²) in [4.78, 5) is 36.2. The fourth-order valence-electron chi connectivity index (χ4n) is 8.77. The van der Waals surface area contributed by atoms with Gasteiger partial charge in [-0.2, -0.15) is 0 Å². The number of carbonyl (C=O) groups is 3. The Morgan fingerprint density at radius 1 is 0.906 bits per heavy atom. The van der Waals surface area contributed by atoms with Crippen molar-refractivity contribution in [3.05, 3.63) is 0 Å². The first-order chi connectivity index (χ1) is 14.9. The minimum Gasteiger partial charge on any atom is -0.469 e. The Morgan fingerprint density at radius 3 is 2.28 bits per heavy atom. The van der Waals surface area contributed by atoms with Crippen molar-refractivity contribution >= 4 is 17.9 Å². The molecule has 4 fully saturated rings. The van der Waals surface area contributed by atoms with Gasteiger partial charge in [0.15, 0.2) is 0 Å². The minimum atomic E-state index is -0.577. The smallest absolute Gasteiger partial charge is 0.317 e. The Labute approximate surface area is 192 Å². The van der Waals surface area contributed by atoms with Crippen molar-refractivity contribution in [2.75, 3.05) is 7.11 Å². The van der Waals surface area contributed by atoms with E-state index in [2.05, 4.69) is 32.4 Å². The molecular weight excluding hydrogens is 408 g/mol. The Balaban J connectivity index is 1.69. The van der Waals surface area contributed by atoms with Crippen LogP contribution in [0.2, 0.25) is 0 Å². The van der Waals surface area contributed by atoms with E-state index in [1.165, 1.54) is 33.3 Å². The average Bonchev–Trinajstić information content (AvgIpc) is 3.00. The molecule has 32 heavy (non-hydrogen) atoms. The summed E-state index contributed by atoms with van der Waals surface area (Å²) in [7, 11) is 1.28. The monoisotopic (exact) mass is 448 g/mol.